The summed E-state index contributed by atoms with van der Waals surface area (Å²) in [4.78, 5) is 0. The van der Waals surface area contributed by atoms with E-state index in [0.717, 1.165) is 12.8 Å². The third-order valence-corrected chi connectivity index (χ3v) is 3.48. The van der Waals surface area contributed by atoms with E-state index in [4.69, 9.17) is 10.2 Å². The lowest BCUT2D eigenvalue weighted by Crippen LogP contribution is -2.28. The van der Waals surface area contributed by atoms with Crippen LogP contribution in [0.1, 0.15) is 77.6 Å². The number of rotatable bonds is 13. The highest BCUT2D eigenvalue weighted by molar-refractivity contribution is 4.65. The molecule has 0 aromatic rings. The van der Waals surface area contributed by atoms with Gasteiger partial charge in [0.15, 0.2) is 0 Å². The normalized spacial score (nSPS) is 14.7. The maximum atomic E-state index is 9.43. The summed E-state index contributed by atoms with van der Waals surface area (Å²) < 4.78 is 0. The van der Waals surface area contributed by atoms with E-state index in [0.29, 0.717) is 6.42 Å². The number of hydrogen-bond acceptors (Lipinski definition) is 3. The van der Waals surface area contributed by atoms with Gasteiger partial charge in [-0.25, -0.2) is 0 Å². The van der Waals surface area contributed by atoms with Crippen LogP contribution in [0.2, 0.25) is 0 Å². The number of hydrogen-bond donors (Lipinski definition) is 3. The molecule has 0 amide bonds. The maximum absolute atomic E-state index is 9.43. The minimum absolute atomic E-state index is 0.348. The fourth-order valence-corrected chi connectivity index (χ4v) is 2.15. The Labute approximate surface area is 112 Å². The minimum atomic E-state index is -0.969. The average molecular weight is 260 g/mol. The largest absolute Gasteiger partial charge is 0.394 e. The van der Waals surface area contributed by atoms with Gasteiger partial charge in [0.05, 0.1) is 12.7 Å². The van der Waals surface area contributed by atoms with Gasteiger partial charge in [-0.15, -0.1) is 0 Å². The summed E-state index contributed by atoms with van der Waals surface area (Å²) in [6, 6.07) is 0. The molecule has 0 radical (unpaired) electrons. The molecule has 3 nitrogen and oxygen atoms in total. The molecule has 0 bridgehead atoms. The molecule has 0 heterocycles. The zero-order valence-electron chi connectivity index (χ0n) is 12.0. The Morgan fingerprint density at radius 3 is 1.56 bits per heavy atom. The highest BCUT2D eigenvalue weighted by Gasteiger charge is 2.13. The molecular formula is C15H32O3. The van der Waals surface area contributed by atoms with Crippen LogP contribution in [-0.4, -0.2) is 34.1 Å². The molecule has 110 valence electrons. The number of aliphatic hydroxyl groups excluding tert-OH is 3. The first-order chi connectivity index (χ1) is 8.72. The molecule has 0 spiro atoms. The topological polar surface area (TPSA) is 60.7 Å². The zero-order chi connectivity index (χ0) is 13.6. The van der Waals surface area contributed by atoms with Crippen LogP contribution in [-0.2, 0) is 0 Å². The van der Waals surface area contributed by atoms with Crippen LogP contribution in [0.25, 0.3) is 0 Å². The maximum Gasteiger partial charge on any atom is 0.103 e. The fraction of sp³-hybridized carbons (Fsp3) is 1.00. The van der Waals surface area contributed by atoms with Crippen molar-refractivity contribution in [2.24, 2.45) is 0 Å². The predicted molar refractivity (Wildman–Crippen MR) is 75.6 cm³/mol. The summed E-state index contributed by atoms with van der Waals surface area (Å²) >= 11 is 0. The monoisotopic (exact) mass is 260 g/mol. The van der Waals surface area contributed by atoms with Crippen molar-refractivity contribution in [1.82, 2.24) is 0 Å². The second-order valence-corrected chi connectivity index (χ2v) is 5.29. The first kappa shape index (κ1) is 17.9. The van der Waals surface area contributed by atoms with Crippen molar-refractivity contribution in [3.8, 4) is 0 Å². The van der Waals surface area contributed by atoms with Crippen LogP contribution in [0.15, 0.2) is 0 Å². The Balaban J connectivity index is 3.11. The molecule has 0 saturated carbocycles. The molecule has 0 aliphatic heterocycles. The summed E-state index contributed by atoms with van der Waals surface area (Å²) in [5.74, 6) is 0. The molecule has 0 aromatic carbocycles. The van der Waals surface area contributed by atoms with Gasteiger partial charge in [0, 0.05) is 0 Å². The molecular weight excluding hydrogens is 228 g/mol. The van der Waals surface area contributed by atoms with E-state index < -0.39 is 12.2 Å². The summed E-state index contributed by atoms with van der Waals surface area (Å²) in [5.41, 5.74) is 0. The van der Waals surface area contributed by atoms with Gasteiger partial charge in [0.25, 0.3) is 0 Å². The first-order valence-corrected chi connectivity index (χ1v) is 7.69. The second kappa shape index (κ2) is 13.3. The number of aliphatic hydroxyl groups is 3. The average Bonchev–Trinajstić information content (AvgIpc) is 2.39. The van der Waals surface area contributed by atoms with Gasteiger partial charge in [0.2, 0.25) is 0 Å². The summed E-state index contributed by atoms with van der Waals surface area (Å²) in [5, 5.41) is 27.3. The molecule has 3 N–H and O–H groups in total. The quantitative estimate of drug-likeness (QED) is 0.446. The molecule has 0 rings (SSSR count). The molecule has 0 aliphatic rings. The third-order valence-electron chi connectivity index (χ3n) is 3.48. The van der Waals surface area contributed by atoms with Crippen LogP contribution in [0.4, 0.5) is 0 Å². The van der Waals surface area contributed by atoms with E-state index in [-0.39, 0.29) is 6.61 Å². The van der Waals surface area contributed by atoms with Gasteiger partial charge < -0.3 is 15.3 Å². The SMILES string of the molecule is CCCCCCCCCCCC[C@H](O)C(O)CO. The smallest absolute Gasteiger partial charge is 0.103 e. The van der Waals surface area contributed by atoms with Gasteiger partial charge >= 0.3 is 0 Å². The summed E-state index contributed by atoms with van der Waals surface area (Å²) in [6.07, 6.45) is 11.5. The molecule has 18 heavy (non-hydrogen) atoms. The zero-order valence-corrected chi connectivity index (χ0v) is 12.0. The molecule has 3 heteroatoms. The van der Waals surface area contributed by atoms with Crippen LogP contribution < -0.4 is 0 Å². The van der Waals surface area contributed by atoms with Gasteiger partial charge in [-0.1, -0.05) is 71.1 Å². The van der Waals surface area contributed by atoms with Crippen LogP contribution in [0.3, 0.4) is 0 Å². The second-order valence-electron chi connectivity index (χ2n) is 5.29. The standard InChI is InChI=1S/C15H32O3/c1-2-3-4-5-6-7-8-9-10-11-12-14(17)15(18)13-16/h14-18H,2-13H2,1H3/t14-,15?/m0/s1. The van der Waals surface area contributed by atoms with E-state index in [1.165, 1.54) is 51.4 Å². The van der Waals surface area contributed by atoms with Crippen LogP contribution in [0, 0.1) is 0 Å². The van der Waals surface area contributed by atoms with Crippen molar-refractivity contribution in [2.45, 2.75) is 89.8 Å². The van der Waals surface area contributed by atoms with Gasteiger partial charge in [-0.3, -0.25) is 0 Å². The summed E-state index contributed by atoms with van der Waals surface area (Å²) in [6.45, 7) is 1.89. The van der Waals surface area contributed by atoms with Crippen molar-refractivity contribution in [3.05, 3.63) is 0 Å². The molecule has 0 aliphatic carbocycles. The fourth-order valence-electron chi connectivity index (χ4n) is 2.15. The van der Waals surface area contributed by atoms with Gasteiger partial charge in [-0.05, 0) is 6.42 Å². The van der Waals surface area contributed by atoms with Crippen molar-refractivity contribution in [3.63, 3.8) is 0 Å². The van der Waals surface area contributed by atoms with Crippen molar-refractivity contribution in [1.29, 1.82) is 0 Å². The molecule has 0 aromatic heterocycles. The lowest BCUT2D eigenvalue weighted by molar-refractivity contribution is -0.0185. The first-order valence-electron chi connectivity index (χ1n) is 7.69. The molecule has 0 fully saturated rings. The Morgan fingerprint density at radius 1 is 0.667 bits per heavy atom. The van der Waals surface area contributed by atoms with Crippen LogP contribution >= 0.6 is 0 Å². The van der Waals surface area contributed by atoms with Crippen molar-refractivity contribution >= 4 is 0 Å². The van der Waals surface area contributed by atoms with Crippen molar-refractivity contribution in [2.75, 3.05) is 6.61 Å². The number of unbranched alkanes of at least 4 members (excludes halogenated alkanes) is 9. The predicted octanol–water partition coefficient (Wildman–Crippen LogP) is 3.01. The Bertz CT molecular complexity index is 162. The van der Waals surface area contributed by atoms with Gasteiger partial charge in [0.1, 0.15) is 6.10 Å². The van der Waals surface area contributed by atoms with E-state index in [9.17, 15) is 5.11 Å². The minimum Gasteiger partial charge on any atom is -0.394 e. The van der Waals surface area contributed by atoms with E-state index >= 15 is 0 Å². The lowest BCUT2D eigenvalue weighted by Gasteiger charge is -2.14. The van der Waals surface area contributed by atoms with E-state index in [1.54, 1.807) is 0 Å². The molecule has 0 saturated heterocycles. The van der Waals surface area contributed by atoms with E-state index in [1.807, 2.05) is 0 Å². The molecule has 1 unspecified atom stereocenters. The van der Waals surface area contributed by atoms with Gasteiger partial charge in [-0.2, -0.15) is 0 Å². The molecule has 2 atom stereocenters. The van der Waals surface area contributed by atoms with E-state index in [2.05, 4.69) is 6.92 Å². The highest BCUT2D eigenvalue weighted by Crippen LogP contribution is 2.12. The Kier molecular flexibility index (Phi) is 13.2. The Morgan fingerprint density at radius 2 is 1.11 bits per heavy atom. The lowest BCUT2D eigenvalue weighted by atomic mass is 10.0. The summed E-state index contributed by atoms with van der Waals surface area (Å²) in [7, 11) is 0. The van der Waals surface area contributed by atoms with Crippen LogP contribution in [0.5, 0.6) is 0 Å². The third kappa shape index (κ3) is 11.0. The Hall–Kier alpha value is -0.120. The highest BCUT2D eigenvalue weighted by atomic mass is 16.4. The van der Waals surface area contributed by atoms with Crippen molar-refractivity contribution < 1.29 is 15.3 Å².